The Morgan fingerprint density at radius 3 is 2.11 bits per heavy atom. The van der Waals surface area contributed by atoms with Crippen molar-refractivity contribution in [2.45, 2.75) is 6.54 Å². The predicted molar refractivity (Wildman–Crippen MR) is 104 cm³/mol. The van der Waals surface area contributed by atoms with Crippen molar-refractivity contribution < 1.29 is 19.1 Å². The van der Waals surface area contributed by atoms with Gasteiger partial charge in [-0.05, 0) is 35.2 Å². The van der Waals surface area contributed by atoms with Crippen molar-refractivity contribution in [3.8, 4) is 5.75 Å². The van der Waals surface area contributed by atoms with Gasteiger partial charge >= 0.3 is 0 Å². The molecule has 0 saturated heterocycles. The smallest absolute Gasteiger partial charge is 0.261 e. The highest BCUT2D eigenvalue weighted by Gasteiger charge is 2.33. The molecule has 0 aromatic heterocycles. The van der Waals surface area contributed by atoms with Gasteiger partial charge in [-0.1, -0.05) is 36.4 Å². The van der Waals surface area contributed by atoms with Gasteiger partial charge in [0.05, 0.1) is 7.11 Å². The third-order valence-corrected chi connectivity index (χ3v) is 4.81. The van der Waals surface area contributed by atoms with Gasteiger partial charge in [-0.2, -0.15) is 0 Å². The highest BCUT2D eigenvalue weighted by atomic mass is 16.5. The first-order chi connectivity index (χ1) is 13.6. The standard InChI is InChI=1S/C22H18N2O4/c1-28-16-10-8-14(9-11-16)12-23-19(25)13-24-21(26)17-6-2-4-15-5-3-7-18(20(15)17)22(24)27/h2-11H,12-13H2,1H3,(H,23,25). The second kappa shape index (κ2) is 7.15. The summed E-state index contributed by atoms with van der Waals surface area (Å²) >= 11 is 0. The van der Waals surface area contributed by atoms with E-state index in [-0.39, 0.29) is 6.54 Å². The van der Waals surface area contributed by atoms with Crippen LogP contribution in [0.4, 0.5) is 0 Å². The van der Waals surface area contributed by atoms with Crippen LogP contribution in [0.15, 0.2) is 60.7 Å². The summed E-state index contributed by atoms with van der Waals surface area (Å²) in [6.45, 7) is -0.0240. The van der Waals surface area contributed by atoms with E-state index < -0.39 is 17.7 Å². The maximum atomic E-state index is 12.8. The summed E-state index contributed by atoms with van der Waals surface area (Å²) in [7, 11) is 1.59. The lowest BCUT2D eigenvalue weighted by Gasteiger charge is -2.26. The molecule has 1 aliphatic heterocycles. The van der Waals surface area contributed by atoms with Crippen LogP contribution in [0.2, 0.25) is 0 Å². The first-order valence-electron chi connectivity index (χ1n) is 8.86. The fraction of sp³-hybridized carbons (Fsp3) is 0.136. The number of rotatable bonds is 5. The Morgan fingerprint density at radius 1 is 0.929 bits per heavy atom. The van der Waals surface area contributed by atoms with Gasteiger partial charge in [-0.15, -0.1) is 0 Å². The largest absolute Gasteiger partial charge is 0.497 e. The molecule has 6 nitrogen and oxygen atoms in total. The van der Waals surface area contributed by atoms with E-state index >= 15 is 0 Å². The summed E-state index contributed by atoms with van der Waals surface area (Å²) in [5, 5.41) is 4.23. The normalized spacial score (nSPS) is 13.0. The SMILES string of the molecule is COc1ccc(CNC(=O)CN2C(=O)c3cccc4cccc(c34)C2=O)cc1. The van der Waals surface area contributed by atoms with Gasteiger partial charge in [0.15, 0.2) is 0 Å². The Balaban J connectivity index is 1.49. The summed E-state index contributed by atoms with van der Waals surface area (Å²) in [5.74, 6) is -0.570. The maximum Gasteiger partial charge on any atom is 0.261 e. The van der Waals surface area contributed by atoms with Gasteiger partial charge < -0.3 is 10.1 Å². The predicted octanol–water partition coefficient (Wildman–Crippen LogP) is 2.76. The minimum absolute atomic E-state index is 0.297. The van der Waals surface area contributed by atoms with Crippen LogP contribution in [0, 0.1) is 0 Å². The quantitative estimate of drug-likeness (QED) is 0.697. The molecular formula is C22H18N2O4. The van der Waals surface area contributed by atoms with E-state index in [9.17, 15) is 14.4 Å². The van der Waals surface area contributed by atoms with Crippen molar-refractivity contribution in [3.05, 3.63) is 77.4 Å². The maximum absolute atomic E-state index is 12.8. The van der Waals surface area contributed by atoms with Crippen LogP contribution >= 0.6 is 0 Å². The molecule has 1 aliphatic rings. The molecule has 0 radical (unpaired) electrons. The molecule has 1 N–H and O–H groups in total. The number of nitrogens with one attached hydrogen (secondary N) is 1. The lowest BCUT2D eigenvalue weighted by Crippen LogP contribution is -2.46. The number of imide groups is 1. The van der Waals surface area contributed by atoms with Crippen molar-refractivity contribution in [2.75, 3.05) is 13.7 Å². The Hall–Kier alpha value is -3.67. The zero-order valence-electron chi connectivity index (χ0n) is 15.3. The molecule has 0 aliphatic carbocycles. The molecule has 3 aromatic carbocycles. The van der Waals surface area contributed by atoms with Crippen molar-refractivity contribution in [3.63, 3.8) is 0 Å². The molecule has 140 valence electrons. The minimum atomic E-state index is -0.450. The van der Waals surface area contributed by atoms with Crippen LogP contribution in [0.5, 0.6) is 5.75 Å². The van der Waals surface area contributed by atoms with E-state index in [1.807, 2.05) is 24.3 Å². The molecule has 4 rings (SSSR count). The van der Waals surface area contributed by atoms with Gasteiger partial charge in [-0.25, -0.2) is 0 Å². The molecule has 0 atom stereocenters. The molecule has 0 spiro atoms. The number of hydrogen-bond acceptors (Lipinski definition) is 4. The highest BCUT2D eigenvalue weighted by Crippen LogP contribution is 2.29. The van der Waals surface area contributed by atoms with Crippen molar-refractivity contribution in [2.24, 2.45) is 0 Å². The van der Waals surface area contributed by atoms with E-state index in [0.717, 1.165) is 21.6 Å². The number of ether oxygens (including phenoxy) is 1. The van der Waals surface area contributed by atoms with E-state index in [0.29, 0.717) is 23.1 Å². The van der Waals surface area contributed by atoms with E-state index in [4.69, 9.17) is 4.74 Å². The second-order valence-electron chi connectivity index (χ2n) is 6.53. The molecule has 3 aromatic rings. The molecule has 6 heteroatoms. The number of amides is 3. The zero-order valence-corrected chi connectivity index (χ0v) is 15.3. The van der Waals surface area contributed by atoms with Crippen LogP contribution < -0.4 is 10.1 Å². The number of benzene rings is 3. The van der Waals surface area contributed by atoms with Crippen LogP contribution in [0.25, 0.3) is 10.8 Å². The average molecular weight is 374 g/mol. The molecule has 3 amide bonds. The fourth-order valence-corrected chi connectivity index (χ4v) is 3.37. The fourth-order valence-electron chi connectivity index (χ4n) is 3.37. The number of carbonyl (C=O) groups excluding carboxylic acids is 3. The first kappa shape index (κ1) is 17.7. The lowest BCUT2D eigenvalue weighted by molar-refractivity contribution is -0.121. The summed E-state index contributed by atoms with van der Waals surface area (Å²) < 4.78 is 5.10. The minimum Gasteiger partial charge on any atom is -0.497 e. The van der Waals surface area contributed by atoms with Gasteiger partial charge in [0.2, 0.25) is 5.91 Å². The molecule has 28 heavy (non-hydrogen) atoms. The summed E-state index contributed by atoms with van der Waals surface area (Å²) in [6, 6.07) is 17.9. The summed E-state index contributed by atoms with van der Waals surface area (Å²) in [5.41, 5.74) is 1.77. The van der Waals surface area contributed by atoms with Crippen LogP contribution in [0.3, 0.4) is 0 Å². The topological polar surface area (TPSA) is 75.7 Å². The van der Waals surface area contributed by atoms with Crippen LogP contribution in [0.1, 0.15) is 26.3 Å². The number of hydrogen-bond donors (Lipinski definition) is 1. The van der Waals surface area contributed by atoms with Crippen LogP contribution in [-0.2, 0) is 11.3 Å². The number of methoxy groups -OCH3 is 1. The Kier molecular flexibility index (Phi) is 4.53. The Morgan fingerprint density at radius 2 is 1.54 bits per heavy atom. The third-order valence-electron chi connectivity index (χ3n) is 4.81. The third kappa shape index (κ3) is 3.09. The van der Waals surface area contributed by atoms with E-state index in [1.54, 1.807) is 43.5 Å². The Labute approximate surface area is 161 Å². The molecule has 0 unspecified atom stereocenters. The van der Waals surface area contributed by atoms with E-state index in [2.05, 4.69) is 5.32 Å². The second-order valence-corrected chi connectivity index (χ2v) is 6.53. The van der Waals surface area contributed by atoms with Gasteiger partial charge in [-0.3, -0.25) is 19.3 Å². The molecule has 1 heterocycles. The Bertz CT molecular complexity index is 1040. The molecule has 0 fully saturated rings. The van der Waals surface area contributed by atoms with Gasteiger partial charge in [0, 0.05) is 23.1 Å². The van der Waals surface area contributed by atoms with Crippen molar-refractivity contribution in [1.29, 1.82) is 0 Å². The summed E-state index contributed by atoms with van der Waals surface area (Å²) in [4.78, 5) is 39.0. The van der Waals surface area contributed by atoms with Gasteiger partial charge in [0.25, 0.3) is 11.8 Å². The lowest BCUT2D eigenvalue weighted by atomic mass is 9.94. The van der Waals surface area contributed by atoms with E-state index in [1.165, 1.54) is 0 Å². The van der Waals surface area contributed by atoms with Crippen molar-refractivity contribution in [1.82, 2.24) is 10.2 Å². The van der Waals surface area contributed by atoms with Gasteiger partial charge in [0.1, 0.15) is 12.3 Å². The molecular weight excluding hydrogens is 356 g/mol. The first-order valence-corrected chi connectivity index (χ1v) is 8.86. The number of nitrogens with zero attached hydrogens (tertiary/aromatic N) is 1. The average Bonchev–Trinajstić information content (AvgIpc) is 2.73. The monoisotopic (exact) mass is 374 g/mol. The number of carbonyl (C=O) groups is 3. The zero-order chi connectivity index (χ0) is 19.7. The van der Waals surface area contributed by atoms with Crippen LogP contribution in [-0.4, -0.2) is 36.3 Å². The summed E-state index contributed by atoms with van der Waals surface area (Å²) in [6.07, 6.45) is 0. The molecule has 0 bridgehead atoms. The highest BCUT2D eigenvalue weighted by molar-refractivity contribution is 6.26. The van der Waals surface area contributed by atoms with Crippen molar-refractivity contribution >= 4 is 28.5 Å². The molecule has 0 saturated carbocycles.